The smallest absolute Gasteiger partial charge is 0.380 e. The van der Waals surface area contributed by atoms with Gasteiger partial charge in [-0.15, -0.1) is 0 Å². The quantitative estimate of drug-likeness (QED) is 0.342. The zero-order valence-corrected chi connectivity index (χ0v) is 25.3. The molecule has 2 unspecified atom stereocenters. The van der Waals surface area contributed by atoms with E-state index in [1.165, 1.54) is 0 Å². The number of anilines is 1. The normalized spacial score (nSPS) is 21.5. The number of nitrogens with zero attached hydrogens (tertiary/aromatic N) is 2. The Bertz CT molecular complexity index is 1830. The first kappa shape index (κ1) is 32.8. The number of fused-ring (bicyclic) bond motifs is 4. The Labute approximate surface area is 265 Å². The van der Waals surface area contributed by atoms with Gasteiger partial charge in [-0.3, -0.25) is 9.10 Å². The minimum atomic E-state index is -6.14. The molecule has 6 rings (SSSR count). The number of likely N-dealkylation sites (tertiary alicyclic amines) is 1. The molecule has 250 valence electrons. The number of aliphatic hydroxyl groups is 1. The summed E-state index contributed by atoms with van der Waals surface area (Å²) in [6.45, 7) is 4.69. The van der Waals surface area contributed by atoms with E-state index in [-0.39, 0.29) is 42.5 Å². The van der Waals surface area contributed by atoms with Gasteiger partial charge in [0.15, 0.2) is 0 Å². The average Bonchev–Trinajstić information content (AvgIpc) is 3.44. The minimum absolute atomic E-state index is 0.0637. The maximum atomic E-state index is 14.0. The number of carbonyl (C=O) groups is 1. The molecule has 1 saturated heterocycles. The number of carbonyl (C=O) groups excluding carboxylic acids is 1. The van der Waals surface area contributed by atoms with Gasteiger partial charge in [0, 0.05) is 42.3 Å². The lowest BCUT2D eigenvalue weighted by molar-refractivity contribution is -0.376. The molecule has 3 aliphatic heterocycles. The third kappa shape index (κ3) is 5.42. The van der Waals surface area contributed by atoms with Crippen molar-refractivity contribution >= 4 is 27.3 Å². The summed E-state index contributed by atoms with van der Waals surface area (Å²) in [5.74, 6) is -1.21. The molecule has 3 atom stereocenters. The van der Waals surface area contributed by atoms with Crippen LogP contribution in [0.25, 0.3) is 5.70 Å². The number of halogens is 7. The third-order valence-corrected chi connectivity index (χ3v) is 11.0. The van der Waals surface area contributed by atoms with Crippen molar-refractivity contribution in [2.75, 3.05) is 17.4 Å². The van der Waals surface area contributed by atoms with Crippen molar-refractivity contribution in [1.29, 1.82) is 0 Å². The molecule has 0 bridgehead atoms. The van der Waals surface area contributed by atoms with E-state index in [9.17, 15) is 49.1 Å². The van der Waals surface area contributed by atoms with Gasteiger partial charge in [0.2, 0.25) is 5.91 Å². The standard InChI is InChI=1S/C32H28F7N3O4S/c1-18-24-4-2-3-5-25(24)26-16-41(17-27(26)40-18)29(43)15-22-10-6-19-14-20(30(44,31(34,35)36)32(37,38)39)7-13-28(19)42(22)47(45,46)23-11-8-21(33)9-12-23/h2-5,7-9,11-14,22,26-27,40,44H,1,6,10,15-17H2/t22-,26?,27?/m0/s1. The number of hydrogen-bond donors (Lipinski definition) is 2. The van der Waals surface area contributed by atoms with E-state index in [2.05, 4.69) is 11.9 Å². The van der Waals surface area contributed by atoms with Crippen LogP contribution < -0.4 is 9.62 Å². The van der Waals surface area contributed by atoms with Gasteiger partial charge in [-0.25, -0.2) is 12.8 Å². The number of sulfonamides is 1. The monoisotopic (exact) mass is 683 g/mol. The first-order valence-electron chi connectivity index (χ1n) is 14.5. The molecule has 1 amide bonds. The first-order valence-corrected chi connectivity index (χ1v) is 16.0. The fourth-order valence-electron chi connectivity index (χ4n) is 6.78. The van der Waals surface area contributed by atoms with Crippen LogP contribution in [-0.4, -0.2) is 61.9 Å². The number of benzene rings is 3. The van der Waals surface area contributed by atoms with Gasteiger partial charge in [0.25, 0.3) is 15.6 Å². The van der Waals surface area contributed by atoms with E-state index >= 15 is 0 Å². The summed E-state index contributed by atoms with van der Waals surface area (Å²) in [4.78, 5) is 14.9. The predicted octanol–water partition coefficient (Wildman–Crippen LogP) is 5.61. The summed E-state index contributed by atoms with van der Waals surface area (Å²) in [6, 6.07) is 11.7. The first-order chi connectivity index (χ1) is 21.9. The van der Waals surface area contributed by atoms with E-state index in [1.54, 1.807) is 4.90 Å². The number of nitrogens with one attached hydrogen (secondary N) is 1. The van der Waals surface area contributed by atoms with Crippen LogP contribution in [-0.2, 0) is 26.8 Å². The van der Waals surface area contributed by atoms with E-state index in [0.717, 1.165) is 45.8 Å². The molecule has 15 heteroatoms. The fourth-order valence-corrected chi connectivity index (χ4v) is 8.49. The highest BCUT2D eigenvalue weighted by Crippen LogP contribution is 2.51. The van der Waals surface area contributed by atoms with Gasteiger partial charge >= 0.3 is 12.4 Å². The zero-order valence-electron chi connectivity index (χ0n) is 24.4. The van der Waals surface area contributed by atoms with E-state index in [1.807, 2.05) is 24.3 Å². The molecular formula is C32H28F7N3O4S. The number of amides is 1. The average molecular weight is 684 g/mol. The topological polar surface area (TPSA) is 90.0 Å². The van der Waals surface area contributed by atoms with Crippen molar-refractivity contribution in [2.45, 2.75) is 60.1 Å². The molecule has 3 aromatic rings. The van der Waals surface area contributed by atoms with Crippen LogP contribution in [0.1, 0.15) is 41.0 Å². The summed E-state index contributed by atoms with van der Waals surface area (Å²) >= 11 is 0. The largest absolute Gasteiger partial charge is 0.430 e. The fraction of sp³-hybridized carbons (Fsp3) is 0.344. The van der Waals surface area contributed by atoms with Crippen LogP contribution in [0.2, 0.25) is 0 Å². The van der Waals surface area contributed by atoms with Gasteiger partial charge in [-0.2, -0.15) is 26.3 Å². The van der Waals surface area contributed by atoms with Crippen LogP contribution in [0.3, 0.4) is 0 Å². The molecule has 0 spiro atoms. The van der Waals surface area contributed by atoms with Crippen LogP contribution in [0.4, 0.5) is 36.4 Å². The van der Waals surface area contributed by atoms with Crippen molar-refractivity contribution < 1.29 is 49.1 Å². The van der Waals surface area contributed by atoms with Gasteiger partial charge in [0.05, 0.1) is 22.7 Å². The zero-order chi connectivity index (χ0) is 34.1. The summed E-state index contributed by atoms with van der Waals surface area (Å²) in [5, 5.41) is 13.3. The lowest BCUT2D eigenvalue weighted by Crippen LogP contribution is -2.54. The molecule has 3 aromatic carbocycles. The summed E-state index contributed by atoms with van der Waals surface area (Å²) in [6.07, 6.45) is -13.0. The van der Waals surface area contributed by atoms with Crippen molar-refractivity contribution in [3.8, 4) is 0 Å². The van der Waals surface area contributed by atoms with Gasteiger partial charge in [0.1, 0.15) is 5.82 Å². The lowest BCUT2D eigenvalue weighted by atomic mass is 9.85. The van der Waals surface area contributed by atoms with E-state index in [4.69, 9.17) is 0 Å². The van der Waals surface area contributed by atoms with E-state index < -0.39 is 56.2 Å². The number of alkyl halides is 6. The lowest BCUT2D eigenvalue weighted by Gasteiger charge is -2.39. The highest BCUT2D eigenvalue weighted by molar-refractivity contribution is 7.92. The van der Waals surface area contributed by atoms with Crippen LogP contribution >= 0.6 is 0 Å². The molecule has 0 aliphatic carbocycles. The number of hydrogen-bond acceptors (Lipinski definition) is 5. The van der Waals surface area contributed by atoms with Crippen molar-refractivity contribution in [3.63, 3.8) is 0 Å². The minimum Gasteiger partial charge on any atom is -0.380 e. The Morgan fingerprint density at radius 2 is 1.62 bits per heavy atom. The van der Waals surface area contributed by atoms with Crippen molar-refractivity contribution in [1.82, 2.24) is 10.2 Å². The maximum Gasteiger partial charge on any atom is 0.430 e. The molecule has 1 fully saturated rings. The van der Waals surface area contributed by atoms with Crippen molar-refractivity contribution in [3.05, 3.63) is 101 Å². The second-order valence-corrected chi connectivity index (χ2v) is 13.7. The van der Waals surface area contributed by atoms with Gasteiger partial charge in [-0.05, 0) is 54.3 Å². The molecular weight excluding hydrogens is 655 g/mol. The van der Waals surface area contributed by atoms with Crippen LogP contribution in [0, 0.1) is 5.82 Å². The molecule has 7 nitrogen and oxygen atoms in total. The van der Waals surface area contributed by atoms with Crippen LogP contribution in [0.5, 0.6) is 0 Å². The molecule has 0 aromatic heterocycles. The molecule has 0 radical (unpaired) electrons. The van der Waals surface area contributed by atoms with Crippen LogP contribution in [0.15, 0.2) is 78.2 Å². The molecule has 47 heavy (non-hydrogen) atoms. The van der Waals surface area contributed by atoms with Crippen molar-refractivity contribution in [2.24, 2.45) is 0 Å². The SMILES string of the molecule is C=C1NC2CN(C(=O)C[C@@H]3CCc4cc(C(O)(C(F)(F)F)C(F)(F)F)ccc4N3S(=O)(=O)c3ccc(F)cc3)CC2c2ccccc21. The highest BCUT2D eigenvalue weighted by atomic mass is 32.2. The number of rotatable bonds is 5. The van der Waals surface area contributed by atoms with E-state index in [0.29, 0.717) is 30.9 Å². The Balaban J connectivity index is 1.35. The van der Waals surface area contributed by atoms with Gasteiger partial charge < -0.3 is 15.3 Å². The Morgan fingerprint density at radius 3 is 2.28 bits per heavy atom. The maximum absolute atomic E-state index is 14.0. The summed E-state index contributed by atoms with van der Waals surface area (Å²) in [7, 11) is -4.62. The molecule has 3 aliphatic rings. The molecule has 0 saturated carbocycles. The summed E-state index contributed by atoms with van der Waals surface area (Å²) < 4.78 is 124. The second kappa shape index (κ2) is 11.3. The summed E-state index contributed by atoms with van der Waals surface area (Å²) in [5.41, 5.74) is -4.57. The number of aryl methyl sites for hydroxylation is 1. The Kier molecular flexibility index (Phi) is 7.86. The predicted molar refractivity (Wildman–Crippen MR) is 157 cm³/mol. The second-order valence-electron chi connectivity index (χ2n) is 11.9. The van der Waals surface area contributed by atoms with Gasteiger partial charge in [-0.1, -0.05) is 43.0 Å². The molecule has 2 N–H and O–H groups in total. The highest BCUT2D eigenvalue weighted by Gasteiger charge is 2.71. The Morgan fingerprint density at radius 1 is 0.957 bits per heavy atom. The Hall–Kier alpha value is -4.11. The molecule has 3 heterocycles. The third-order valence-electron chi connectivity index (χ3n) is 9.13.